The second kappa shape index (κ2) is 9.33. The standard InChI is InChI=1S/C23H21BrN2O2/c1-16-3-12-22(13-17(16)2)28-15-19-4-8-20(9-5-19)23(27)26-25-14-18-6-10-21(24)11-7-18/h3-14H,15H2,1-2H3,(H,26,27). The number of hydrazone groups is 1. The Morgan fingerprint density at radius 3 is 2.39 bits per heavy atom. The van der Waals surface area contributed by atoms with Gasteiger partial charge in [0.25, 0.3) is 5.91 Å². The fourth-order valence-electron chi connectivity index (χ4n) is 2.50. The molecule has 0 radical (unpaired) electrons. The highest BCUT2D eigenvalue weighted by Crippen LogP contribution is 2.18. The van der Waals surface area contributed by atoms with E-state index in [4.69, 9.17) is 4.74 Å². The second-order valence-electron chi connectivity index (χ2n) is 6.48. The van der Waals surface area contributed by atoms with E-state index in [0.29, 0.717) is 12.2 Å². The van der Waals surface area contributed by atoms with Crippen LogP contribution in [0.4, 0.5) is 0 Å². The van der Waals surface area contributed by atoms with Crippen LogP contribution in [-0.4, -0.2) is 12.1 Å². The molecule has 0 aliphatic rings. The highest BCUT2D eigenvalue weighted by molar-refractivity contribution is 9.10. The maximum absolute atomic E-state index is 12.2. The van der Waals surface area contributed by atoms with E-state index in [9.17, 15) is 4.79 Å². The van der Waals surface area contributed by atoms with Gasteiger partial charge in [0.2, 0.25) is 0 Å². The summed E-state index contributed by atoms with van der Waals surface area (Å²) in [4.78, 5) is 12.2. The van der Waals surface area contributed by atoms with Crippen molar-refractivity contribution < 1.29 is 9.53 Å². The van der Waals surface area contributed by atoms with Gasteiger partial charge in [-0.15, -0.1) is 0 Å². The number of carbonyl (C=O) groups excluding carboxylic acids is 1. The molecule has 142 valence electrons. The molecule has 3 aromatic rings. The largest absolute Gasteiger partial charge is 0.489 e. The van der Waals surface area contributed by atoms with Crippen LogP contribution in [0.25, 0.3) is 0 Å². The van der Waals surface area contributed by atoms with Gasteiger partial charge in [0.1, 0.15) is 12.4 Å². The molecule has 5 heteroatoms. The van der Waals surface area contributed by atoms with Gasteiger partial charge in [-0.25, -0.2) is 5.43 Å². The number of nitrogens with zero attached hydrogens (tertiary/aromatic N) is 1. The molecule has 3 rings (SSSR count). The van der Waals surface area contributed by atoms with Crippen LogP contribution < -0.4 is 10.2 Å². The highest BCUT2D eigenvalue weighted by atomic mass is 79.9. The van der Waals surface area contributed by atoms with Crippen molar-refractivity contribution in [2.45, 2.75) is 20.5 Å². The van der Waals surface area contributed by atoms with Crippen LogP contribution in [0.2, 0.25) is 0 Å². The number of benzene rings is 3. The van der Waals surface area contributed by atoms with Gasteiger partial charge in [0.15, 0.2) is 0 Å². The molecule has 0 aromatic heterocycles. The number of amides is 1. The molecule has 0 aliphatic carbocycles. The third-order valence-electron chi connectivity index (χ3n) is 4.35. The van der Waals surface area contributed by atoms with Crippen molar-refractivity contribution in [3.63, 3.8) is 0 Å². The van der Waals surface area contributed by atoms with Gasteiger partial charge >= 0.3 is 0 Å². The summed E-state index contributed by atoms with van der Waals surface area (Å²) in [6.07, 6.45) is 1.61. The van der Waals surface area contributed by atoms with Crippen LogP contribution in [0, 0.1) is 13.8 Å². The third-order valence-corrected chi connectivity index (χ3v) is 4.88. The molecular weight excluding hydrogens is 416 g/mol. The van der Waals surface area contributed by atoms with E-state index in [0.717, 1.165) is 21.3 Å². The van der Waals surface area contributed by atoms with Crippen LogP contribution in [0.3, 0.4) is 0 Å². The average Bonchev–Trinajstić information content (AvgIpc) is 2.70. The number of hydrogen-bond donors (Lipinski definition) is 1. The molecule has 0 spiro atoms. The van der Waals surface area contributed by atoms with E-state index in [2.05, 4.69) is 40.3 Å². The molecule has 0 heterocycles. The van der Waals surface area contributed by atoms with Gasteiger partial charge in [-0.2, -0.15) is 5.10 Å². The zero-order valence-corrected chi connectivity index (χ0v) is 17.4. The minimum Gasteiger partial charge on any atom is -0.489 e. The molecule has 4 nitrogen and oxygen atoms in total. The average molecular weight is 437 g/mol. The maximum Gasteiger partial charge on any atom is 0.271 e. The predicted octanol–water partition coefficient (Wildman–Crippen LogP) is 5.41. The summed E-state index contributed by atoms with van der Waals surface area (Å²) in [5.41, 5.74) is 7.42. The molecule has 28 heavy (non-hydrogen) atoms. The normalized spacial score (nSPS) is 10.8. The molecule has 0 bridgehead atoms. The molecule has 3 aromatic carbocycles. The summed E-state index contributed by atoms with van der Waals surface area (Å²) < 4.78 is 6.82. The molecule has 0 fully saturated rings. The topological polar surface area (TPSA) is 50.7 Å². The van der Waals surface area contributed by atoms with E-state index < -0.39 is 0 Å². The lowest BCUT2D eigenvalue weighted by Gasteiger charge is -2.09. The third kappa shape index (κ3) is 5.54. The highest BCUT2D eigenvalue weighted by Gasteiger charge is 2.05. The number of ether oxygens (including phenoxy) is 1. The van der Waals surface area contributed by atoms with Crippen LogP contribution in [0.1, 0.15) is 32.6 Å². The first-order valence-corrected chi connectivity index (χ1v) is 9.68. The quantitative estimate of drug-likeness (QED) is 0.414. The van der Waals surface area contributed by atoms with Crippen molar-refractivity contribution in [2.24, 2.45) is 5.10 Å². The molecule has 0 saturated heterocycles. The van der Waals surface area contributed by atoms with E-state index in [1.165, 1.54) is 11.1 Å². The Kier molecular flexibility index (Phi) is 6.61. The van der Waals surface area contributed by atoms with Crippen molar-refractivity contribution in [3.8, 4) is 5.75 Å². The van der Waals surface area contributed by atoms with E-state index in [1.807, 2.05) is 54.6 Å². The van der Waals surface area contributed by atoms with Crippen LogP contribution in [0.5, 0.6) is 5.75 Å². The molecule has 0 unspecified atom stereocenters. The molecule has 1 amide bonds. The Balaban J connectivity index is 1.53. The summed E-state index contributed by atoms with van der Waals surface area (Å²) >= 11 is 3.38. The van der Waals surface area contributed by atoms with Crippen molar-refractivity contribution in [1.29, 1.82) is 0 Å². The van der Waals surface area contributed by atoms with Gasteiger partial charge in [-0.1, -0.05) is 46.3 Å². The first kappa shape index (κ1) is 19.8. The monoisotopic (exact) mass is 436 g/mol. The number of aryl methyl sites for hydroxylation is 2. The fraction of sp³-hybridized carbons (Fsp3) is 0.130. The Labute approximate surface area is 173 Å². The molecule has 0 atom stereocenters. The van der Waals surface area contributed by atoms with Gasteiger partial charge in [0.05, 0.1) is 6.21 Å². The van der Waals surface area contributed by atoms with E-state index in [-0.39, 0.29) is 5.91 Å². The lowest BCUT2D eigenvalue weighted by molar-refractivity contribution is 0.0955. The van der Waals surface area contributed by atoms with Gasteiger partial charge in [-0.05, 0) is 72.5 Å². The number of hydrogen-bond acceptors (Lipinski definition) is 3. The molecule has 1 N–H and O–H groups in total. The van der Waals surface area contributed by atoms with Gasteiger partial charge < -0.3 is 4.74 Å². The van der Waals surface area contributed by atoms with E-state index in [1.54, 1.807) is 18.3 Å². The summed E-state index contributed by atoms with van der Waals surface area (Å²) in [6, 6.07) is 21.0. The molecular formula is C23H21BrN2O2. The van der Waals surface area contributed by atoms with E-state index >= 15 is 0 Å². The summed E-state index contributed by atoms with van der Waals surface area (Å²) in [5.74, 6) is 0.585. The number of carbonyl (C=O) groups is 1. The SMILES string of the molecule is Cc1ccc(OCc2ccc(C(=O)NN=Cc3ccc(Br)cc3)cc2)cc1C. The fourth-order valence-corrected chi connectivity index (χ4v) is 2.77. The Bertz CT molecular complexity index is 980. The number of nitrogens with one attached hydrogen (secondary N) is 1. The summed E-state index contributed by atoms with van der Waals surface area (Å²) in [5, 5.41) is 4.00. The summed E-state index contributed by atoms with van der Waals surface area (Å²) in [6.45, 7) is 4.59. The Morgan fingerprint density at radius 2 is 1.71 bits per heavy atom. The van der Waals surface area contributed by atoms with Gasteiger partial charge in [0, 0.05) is 10.0 Å². The lowest BCUT2D eigenvalue weighted by Crippen LogP contribution is -2.17. The van der Waals surface area contributed by atoms with Crippen LogP contribution >= 0.6 is 15.9 Å². The number of halogens is 1. The van der Waals surface area contributed by atoms with Crippen LogP contribution in [0.15, 0.2) is 76.3 Å². The predicted molar refractivity (Wildman–Crippen MR) is 116 cm³/mol. The summed E-state index contributed by atoms with van der Waals surface area (Å²) in [7, 11) is 0. The van der Waals surface area contributed by atoms with Crippen molar-refractivity contribution in [2.75, 3.05) is 0 Å². The first-order valence-electron chi connectivity index (χ1n) is 8.89. The minimum absolute atomic E-state index is 0.255. The smallest absolute Gasteiger partial charge is 0.271 e. The maximum atomic E-state index is 12.2. The Hall–Kier alpha value is -2.92. The Morgan fingerprint density at radius 1 is 1.00 bits per heavy atom. The number of rotatable bonds is 6. The van der Waals surface area contributed by atoms with Gasteiger partial charge in [-0.3, -0.25) is 4.79 Å². The van der Waals surface area contributed by atoms with Crippen molar-refractivity contribution >= 4 is 28.1 Å². The second-order valence-corrected chi connectivity index (χ2v) is 7.40. The zero-order valence-electron chi connectivity index (χ0n) is 15.8. The minimum atomic E-state index is -0.255. The lowest BCUT2D eigenvalue weighted by atomic mass is 10.1. The van der Waals surface area contributed by atoms with Crippen molar-refractivity contribution in [3.05, 3.63) is 99.0 Å². The molecule has 0 aliphatic heterocycles. The zero-order chi connectivity index (χ0) is 19.9. The van der Waals surface area contributed by atoms with Crippen LogP contribution in [-0.2, 0) is 6.61 Å². The first-order chi connectivity index (χ1) is 13.5. The van der Waals surface area contributed by atoms with Crippen molar-refractivity contribution in [1.82, 2.24) is 5.43 Å². The molecule has 0 saturated carbocycles.